The van der Waals surface area contributed by atoms with Gasteiger partial charge in [0.25, 0.3) is 0 Å². The summed E-state index contributed by atoms with van der Waals surface area (Å²) < 4.78 is 0. The molecule has 2 fully saturated rings. The average Bonchev–Trinajstić information content (AvgIpc) is 3.42. The van der Waals surface area contributed by atoms with Crippen LogP contribution in [0.3, 0.4) is 0 Å². The third-order valence-electron chi connectivity index (χ3n) is 4.71. The molecule has 4 heteroatoms. The number of nitrogens with one attached hydrogen (secondary N) is 1. The van der Waals surface area contributed by atoms with E-state index in [1.807, 2.05) is 12.3 Å². The first-order chi connectivity index (χ1) is 11.4. The quantitative estimate of drug-likeness (QED) is 0.904. The zero-order valence-electron chi connectivity index (χ0n) is 13.5. The predicted molar refractivity (Wildman–Crippen MR) is 94.4 cm³/mol. The number of nitrogens with zero attached hydrogens (tertiary/aromatic N) is 3. The van der Waals surface area contributed by atoms with Gasteiger partial charge in [0.2, 0.25) is 0 Å². The van der Waals surface area contributed by atoms with Gasteiger partial charge in [-0.2, -0.15) is 0 Å². The largest absolute Gasteiger partial charge is 0.371 e. The minimum atomic E-state index is 0.584. The number of rotatable bonds is 4. The van der Waals surface area contributed by atoms with Gasteiger partial charge in [-0.3, -0.25) is 0 Å². The van der Waals surface area contributed by atoms with Gasteiger partial charge in [-0.1, -0.05) is 18.9 Å². The van der Waals surface area contributed by atoms with Gasteiger partial charge in [0.05, 0.1) is 0 Å². The van der Waals surface area contributed by atoms with Crippen molar-refractivity contribution in [3.8, 4) is 0 Å². The molecule has 1 aromatic carbocycles. The maximum atomic E-state index is 4.65. The zero-order valence-corrected chi connectivity index (χ0v) is 13.5. The van der Waals surface area contributed by atoms with Crippen LogP contribution in [0, 0.1) is 0 Å². The molecule has 0 spiro atoms. The molecule has 0 bridgehead atoms. The Balaban J connectivity index is 1.50. The molecule has 2 aliphatic rings. The van der Waals surface area contributed by atoms with Crippen molar-refractivity contribution in [3.05, 3.63) is 42.4 Å². The highest BCUT2D eigenvalue weighted by atomic mass is 15.1. The summed E-state index contributed by atoms with van der Waals surface area (Å²) in [6.07, 6.45) is 9.64. The van der Waals surface area contributed by atoms with Crippen molar-refractivity contribution in [2.24, 2.45) is 0 Å². The second kappa shape index (κ2) is 6.57. The lowest BCUT2D eigenvalue weighted by molar-refractivity contribution is 0.726. The molecule has 2 heterocycles. The fraction of sp³-hybridized carbons (Fsp3) is 0.474. The SMILES string of the molecule is c1cc(Nc2ccnc(C3CC3)n2)cc(N2CCCCCC2)c1. The molecule has 2 aromatic rings. The number of aromatic nitrogens is 2. The fourth-order valence-electron chi connectivity index (χ4n) is 3.24. The molecule has 0 atom stereocenters. The summed E-state index contributed by atoms with van der Waals surface area (Å²) in [5.74, 6) is 2.47. The minimum Gasteiger partial charge on any atom is -0.371 e. The molecule has 0 amide bonds. The Morgan fingerprint density at radius 1 is 1.00 bits per heavy atom. The number of hydrogen-bond acceptors (Lipinski definition) is 4. The fourth-order valence-corrected chi connectivity index (χ4v) is 3.24. The number of hydrogen-bond donors (Lipinski definition) is 1. The maximum absolute atomic E-state index is 4.65. The van der Waals surface area contributed by atoms with Crippen LogP contribution in [-0.2, 0) is 0 Å². The Kier molecular flexibility index (Phi) is 4.14. The Morgan fingerprint density at radius 3 is 2.61 bits per heavy atom. The normalized spacial score (nSPS) is 18.5. The van der Waals surface area contributed by atoms with Crippen molar-refractivity contribution >= 4 is 17.2 Å². The highest BCUT2D eigenvalue weighted by molar-refractivity contribution is 5.63. The molecular weight excluding hydrogens is 284 g/mol. The van der Waals surface area contributed by atoms with Crippen molar-refractivity contribution in [3.63, 3.8) is 0 Å². The molecule has 1 aromatic heterocycles. The number of benzene rings is 1. The minimum absolute atomic E-state index is 0.584. The molecule has 1 saturated heterocycles. The molecule has 23 heavy (non-hydrogen) atoms. The van der Waals surface area contributed by atoms with Crippen molar-refractivity contribution < 1.29 is 0 Å². The van der Waals surface area contributed by atoms with Crippen LogP contribution < -0.4 is 10.2 Å². The van der Waals surface area contributed by atoms with E-state index in [4.69, 9.17) is 0 Å². The van der Waals surface area contributed by atoms with Gasteiger partial charge < -0.3 is 10.2 Å². The molecule has 4 rings (SSSR count). The first-order valence-corrected chi connectivity index (χ1v) is 8.83. The lowest BCUT2D eigenvalue weighted by atomic mass is 10.2. The third kappa shape index (κ3) is 3.63. The molecular formula is C19H24N4. The van der Waals surface area contributed by atoms with E-state index in [0.29, 0.717) is 5.92 Å². The molecule has 1 aliphatic heterocycles. The van der Waals surface area contributed by atoms with Gasteiger partial charge in [-0.15, -0.1) is 0 Å². The zero-order chi connectivity index (χ0) is 15.5. The summed E-state index contributed by atoms with van der Waals surface area (Å²) in [7, 11) is 0. The van der Waals surface area contributed by atoms with Crippen molar-refractivity contribution in [1.82, 2.24) is 9.97 Å². The summed E-state index contributed by atoms with van der Waals surface area (Å²) in [4.78, 5) is 11.5. The van der Waals surface area contributed by atoms with Crippen LogP contribution in [0.15, 0.2) is 36.5 Å². The Morgan fingerprint density at radius 2 is 1.83 bits per heavy atom. The Labute approximate surface area is 138 Å². The van der Waals surface area contributed by atoms with Crippen LogP contribution in [0.1, 0.15) is 50.3 Å². The average molecular weight is 308 g/mol. The Bertz CT molecular complexity index is 658. The summed E-state index contributed by atoms with van der Waals surface area (Å²) in [5, 5.41) is 3.44. The van der Waals surface area contributed by atoms with Gasteiger partial charge in [0.1, 0.15) is 11.6 Å². The van der Waals surface area contributed by atoms with Crippen molar-refractivity contribution in [2.45, 2.75) is 44.4 Å². The summed E-state index contributed by atoms with van der Waals surface area (Å²) >= 11 is 0. The highest BCUT2D eigenvalue weighted by Gasteiger charge is 2.26. The maximum Gasteiger partial charge on any atom is 0.134 e. The van der Waals surface area contributed by atoms with Crippen LogP contribution >= 0.6 is 0 Å². The van der Waals surface area contributed by atoms with E-state index in [2.05, 4.69) is 44.5 Å². The monoisotopic (exact) mass is 308 g/mol. The summed E-state index contributed by atoms with van der Waals surface area (Å²) in [6, 6.07) is 10.6. The van der Waals surface area contributed by atoms with Gasteiger partial charge in [0, 0.05) is 36.6 Å². The molecule has 1 saturated carbocycles. The number of anilines is 3. The lowest BCUT2D eigenvalue weighted by Gasteiger charge is -2.23. The van der Waals surface area contributed by atoms with E-state index in [-0.39, 0.29) is 0 Å². The Hall–Kier alpha value is -2.10. The van der Waals surface area contributed by atoms with E-state index in [0.717, 1.165) is 17.3 Å². The van der Waals surface area contributed by atoms with Gasteiger partial charge in [0.15, 0.2) is 0 Å². The van der Waals surface area contributed by atoms with Crippen LogP contribution in [-0.4, -0.2) is 23.1 Å². The van der Waals surface area contributed by atoms with Crippen molar-refractivity contribution in [2.75, 3.05) is 23.3 Å². The van der Waals surface area contributed by atoms with E-state index >= 15 is 0 Å². The lowest BCUT2D eigenvalue weighted by Crippen LogP contribution is -2.23. The van der Waals surface area contributed by atoms with Crippen LogP contribution in [0.4, 0.5) is 17.2 Å². The van der Waals surface area contributed by atoms with Crippen molar-refractivity contribution in [1.29, 1.82) is 0 Å². The van der Waals surface area contributed by atoms with Crippen LogP contribution in [0.2, 0.25) is 0 Å². The molecule has 0 unspecified atom stereocenters. The molecule has 1 N–H and O–H groups in total. The van der Waals surface area contributed by atoms with Gasteiger partial charge in [-0.25, -0.2) is 9.97 Å². The highest BCUT2D eigenvalue weighted by Crippen LogP contribution is 2.38. The van der Waals surface area contributed by atoms with E-state index in [1.165, 1.54) is 57.3 Å². The summed E-state index contributed by atoms with van der Waals surface area (Å²) in [5.41, 5.74) is 2.42. The van der Waals surface area contributed by atoms with E-state index < -0.39 is 0 Å². The smallest absolute Gasteiger partial charge is 0.134 e. The summed E-state index contributed by atoms with van der Waals surface area (Å²) in [6.45, 7) is 2.34. The molecule has 4 nitrogen and oxygen atoms in total. The standard InChI is InChI=1S/C19H24N4/c1-2-4-13-23(12-3-1)17-7-5-6-16(14-17)21-18-10-11-20-19(22-18)15-8-9-15/h5-7,10-11,14-15H,1-4,8-9,12-13H2,(H,20,21,22). The van der Waals surface area contributed by atoms with Gasteiger partial charge >= 0.3 is 0 Å². The first-order valence-electron chi connectivity index (χ1n) is 8.83. The van der Waals surface area contributed by atoms with Gasteiger partial charge in [-0.05, 0) is 49.9 Å². The molecule has 1 aliphatic carbocycles. The van der Waals surface area contributed by atoms with Crippen LogP contribution in [0.25, 0.3) is 0 Å². The second-order valence-electron chi connectivity index (χ2n) is 6.65. The topological polar surface area (TPSA) is 41.1 Å². The molecule has 0 radical (unpaired) electrons. The van der Waals surface area contributed by atoms with Crippen LogP contribution in [0.5, 0.6) is 0 Å². The third-order valence-corrected chi connectivity index (χ3v) is 4.71. The predicted octanol–water partition coefficient (Wildman–Crippen LogP) is 4.48. The van der Waals surface area contributed by atoms with E-state index in [1.54, 1.807) is 0 Å². The van der Waals surface area contributed by atoms with E-state index in [9.17, 15) is 0 Å². The first kappa shape index (κ1) is 14.5. The molecule has 120 valence electrons. The second-order valence-corrected chi connectivity index (χ2v) is 6.65.